The van der Waals surface area contributed by atoms with Crippen LogP contribution in [0, 0.1) is 5.92 Å². The van der Waals surface area contributed by atoms with E-state index in [1.165, 1.54) is 4.68 Å². The minimum absolute atomic E-state index is 0.154. The highest BCUT2D eigenvalue weighted by Crippen LogP contribution is 1.97. The van der Waals surface area contributed by atoms with Crippen LogP contribution >= 0.6 is 0 Å². The van der Waals surface area contributed by atoms with E-state index in [9.17, 15) is 4.79 Å². The van der Waals surface area contributed by atoms with Gasteiger partial charge in [-0.2, -0.15) is 0 Å². The maximum absolute atomic E-state index is 11.4. The molecule has 1 N–H and O–H groups in total. The Kier molecular flexibility index (Phi) is 3.62. The van der Waals surface area contributed by atoms with Crippen LogP contribution in [0.15, 0.2) is 6.20 Å². The molecule has 0 atom stereocenters. The summed E-state index contributed by atoms with van der Waals surface area (Å²) < 4.78 is 1.51. The first-order valence-electron chi connectivity index (χ1n) is 4.74. The topological polar surface area (TPSA) is 59.8 Å². The Hall–Kier alpha value is -1.39. The normalized spacial score (nSPS) is 10.6. The van der Waals surface area contributed by atoms with Crippen molar-refractivity contribution in [2.45, 2.75) is 20.3 Å². The van der Waals surface area contributed by atoms with E-state index in [1.54, 1.807) is 13.2 Å². The Morgan fingerprint density at radius 3 is 2.86 bits per heavy atom. The summed E-state index contributed by atoms with van der Waals surface area (Å²) in [6.07, 6.45) is 2.58. The fourth-order valence-electron chi connectivity index (χ4n) is 1.02. The molecule has 0 spiro atoms. The van der Waals surface area contributed by atoms with Crippen molar-refractivity contribution >= 4 is 5.91 Å². The Bertz CT molecular complexity index is 306. The van der Waals surface area contributed by atoms with E-state index in [-0.39, 0.29) is 5.91 Å². The molecular weight excluding hydrogens is 180 g/mol. The van der Waals surface area contributed by atoms with Gasteiger partial charge in [-0.05, 0) is 12.3 Å². The third-order valence-corrected chi connectivity index (χ3v) is 1.84. The summed E-state index contributed by atoms with van der Waals surface area (Å²) in [6, 6.07) is 0. The molecule has 0 aliphatic carbocycles. The van der Waals surface area contributed by atoms with Gasteiger partial charge in [-0.25, -0.2) is 0 Å². The van der Waals surface area contributed by atoms with Crippen molar-refractivity contribution in [3.05, 3.63) is 11.9 Å². The van der Waals surface area contributed by atoms with Gasteiger partial charge in [0.05, 0.1) is 6.20 Å². The number of hydrogen-bond donors (Lipinski definition) is 1. The number of aryl methyl sites for hydroxylation is 1. The van der Waals surface area contributed by atoms with Crippen molar-refractivity contribution in [2.75, 3.05) is 6.54 Å². The molecule has 5 nitrogen and oxygen atoms in total. The molecule has 1 aromatic heterocycles. The van der Waals surface area contributed by atoms with Gasteiger partial charge in [0.2, 0.25) is 0 Å². The first-order valence-corrected chi connectivity index (χ1v) is 4.74. The molecule has 0 aromatic carbocycles. The lowest BCUT2D eigenvalue weighted by Gasteiger charge is -2.04. The van der Waals surface area contributed by atoms with Crippen LogP contribution < -0.4 is 5.32 Å². The molecule has 0 bridgehead atoms. The third kappa shape index (κ3) is 3.16. The predicted octanol–water partition coefficient (Wildman–Crippen LogP) is 0.591. The van der Waals surface area contributed by atoms with Crippen molar-refractivity contribution in [1.29, 1.82) is 0 Å². The molecule has 0 saturated carbocycles. The molecule has 0 fully saturated rings. The molecule has 78 valence electrons. The number of hydrogen-bond acceptors (Lipinski definition) is 3. The number of aromatic nitrogens is 3. The van der Waals surface area contributed by atoms with Gasteiger partial charge in [0.15, 0.2) is 5.69 Å². The number of nitrogens with one attached hydrogen (secondary N) is 1. The Balaban J connectivity index is 2.36. The van der Waals surface area contributed by atoms with Gasteiger partial charge < -0.3 is 5.32 Å². The van der Waals surface area contributed by atoms with Crippen molar-refractivity contribution in [3.63, 3.8) is 0 Å². The third-order valence-electron chi connectivity index (χ3n) is 1.84. The molecule has 1 amide bonds. The number of rotatable bonds is 4. The maximum atomic E-state index is 11.4. The van der Waals surface area contributed by atoms with E-state index in [2.05, 4.69) is 29.5 Å². The summed E-state index contributed by atoms with van der Waals surface area (Å²) in [5.74, 6) is 0.441. The molecule has 1 aromatic rings. The van der Waals surface area contributed by atoms with Crippen LogP contribution in [0.1, 0.15) is 30.8 Å². The molecule has 0 aliphatic heterocycles. The lowest BCUT2D eigenvalue weighted by molar-refractivity contribution is 0.0947. The molecule has 5 heteroatoms. The molecule has 1 rings (SSSR count). The lowest BCUT2D eigenvalue weighted by atomic mass is 10.1. The van der Waals surface area contributed by atoms with E-state index in [0.29, 0.717) is 18.2 Å². The highest BCUT2D eigenvalue weighted by Gasteiger charge is 2.08. The highest BCUT2D eigenvalue weighted by atomic mass is 16.1. The number of carbonyl (C=O) groups is 1. The molecule has 0 radical (unpaired) electrons. The van der Waals surface area contributed by atoms with Gasteiger partial charge in [0.25, 0.3) is 5.91 Å². The monoisotopic (exact) mass is 196 g/mol. The zero-order valence-electron chi connectivity index (χ0n) is 8.82. The van der Waals surface area contributed by atoms with Gasteiger partial charge in [-0.3, -0.25) is 9.48 Å². The second-order valence-corrected chi connectivity index (χ2v) is 3.72. The van der Waals surface area contributed by atoms with Crippen LogP contribution in [-0.4, -0.2) is 27.4 Å². The number of carbonyl (C=O) groups excluding carboxylic acids is 1. The standard InChI is InChI=1S/C9H16N4O/c1-7(2)4-5-10-9(14)8-6-13(3)12-11-8/h6-7H,4-5H2,1-3H3,(H,10,14). The summed E-state index contributed by atoms with van der Waals surface area (Å²) in [5, 5.41) is 10.2. The smallest absolute Gasteiger partial charge is 0.273 e. The van der Waals surface area contributed by atoms with Crippen molar-refractivity contribution in [3.8, 4) is 0 Å². The Morgan fingerprint density at radius 2 is 2.36 bits per heavy atom. The quantitative estimate of drug-likeness (QED) is 0.766. The van der Waals surface area contributed by atoms with Gasteiger partial charge in [0.1, 0.15) is 0 Å². The zero-order valence-corrected chi connectivity index (χ0v) is 8.82. The largest absolute Gasteiger partial charge is 0.351 e. The van der Waals surface area contributed by atoms with Gasteiger partial charge in [-0.15, -0.1) is 5.10 Å². The maximum Gasteiger partial charge on any atom is 0.273 e. The van der Waals surface area contributed by atoms with E-state index < -0.39 is 0 Å². The summed E-state index contributed by atoms with van der Waals surface area (Å²) >= 11 is 0. The van der Waals surface area contributed by atoms with Gasteiger partial charge >= 0.3 is 0 Å². The number of amides is 1. The van der Waals surface area contributed by atoms with Gasteiger partial charge in [-0.1, -0.05) is 19.1 Å². The average molecular weight is 196 g/mol. The minimum Gasteiger partial charge on any atom is -0.351 e. The Labute approximate surface area is 83.5 Å². The van der Waals surface area contributed by atoms with Crippen molar-refractivity contribution in [2.24, 2.45) is 13.0 Å². The van der Waals surface area contributed by atoms with Crippen molar-refractivity contribution < 1.29 is 4.79 Å². The van der Waals surface area contributed by atoms with E-state index >= 15 is 0 Å². The van der Waals surface area contributed by atoms with Crippen molar-refractivity contribution in [1.82, 2.24) is 20.3 Å². The summed E-state index contributed by atoms with van der Waals surface area (Å²) in [7, 11) is 1.73. The Morgan fingerprint density at radius 1 is 1.64 bits per heavy atom. The van der Waals surface area contributed by atoms with Crippen LogP contribution in [-0.2, 0) is 7.05 Å². The van der Waals surface area contributed by atoms with Crippen LogP contribution in [0.3, 0.4) is 0 Å². The first-order chi connectivity index (χ1) is 6.59. The van der Waals surface area contributed by atoms with Crippen LogP contribution in [0.5, 0.6) is 0 Å². The molecular formula is C9H16N4O. The van der Waals surface area contributed by atoms with E-state index in [4.69, 9.17) is 0 Å². The lowest BCUT2D eigenvalue weighted by Crippen LogP contribution is -2.25. The number of nitrogens with zero attached hydrogens (tertiary/aromatic N) is 3. The first kappa shape index (κ1) is 10.7. The molecule has 0 unspecified atom stereocenters. The minimum atomic E-state index is -0.154. The van der Waals surface area contributed by atoms with Crippen LogP contribution in [0.25, 0.3) is 0 Å². The van der Waals surface area contributed by atoms with E-state index in [1.807, 2.05) is 0 Å². The molecule has 0 saturated heterocycles. The second-order valence-electron chi connectivity index (χ2n) is 3.72. The second kappa shape index (κ2) is 4.74. The van der Waals surface area contributed by atoms with Crippen LogP contribution in [0.2, 0.25) is 0 Å². The van der Waals surface area contributed by atoms with Crippen LogP contribution in [0.4, 0.5) is 0 Å². The summed E-state index contributed by atoms with van der Waals surface area (Å²) in [5.41, 5.74) is 0.372. The van der Waals surface area contributed by atoms with E-state index in [0.717, 1.165) is 6.42 Å². The fraction of sp³-hybridized carbons (Fsp3) is 0.667. The SMILES string of the molecule is CC(C)CCNC(=O)c1cn(C)nn1. The highest BCUT2D eigenvalue weighted by molar-refractivity contribution is 5.91. The van der Waals surface area contributed by atoms with Gasteiger partial charge in [0, 0.05) is 13.6 Å². The predicted molar refractivity (Wildman–Crippen MR) is 52.8 cm³/mol. The zero-order chi connectivity index (χ0) is 10.6. The molecule has 14 heavy (non-hydrogen) atoms. The average Bonchev–Trinajstić information content (AvgIpc) is 2.51. The molecule has 1 heterocycles. The fourth-order valence-corrected chi connectivity index (χ4v) is 1.02. The summed E-state index contributed by atoms with van der Waals surface area (Å²) in [6.45, 7) is 4.93. The molecule has 0 aliphatic rings. The summed E-state index contributed by atoms with van der Waals surface area (Å²) in [4.78, 5) is 11.4.